The molecule has 3 amide bonds. The molecule has 0 radical (unpaired) electrons. The molecule has 1 aliphatic rings. The molecule has 2 aromatic rings. The van der Waals surface area contributed by atoms with Gasteiger partial charge in [-0.3, -0.25) is 29.6 Å². The van der Waals surface area contributed by atoms with Crippen molar-refractivity contribution in [2.24, 2.45) is 5.92 Å². The highest BCUT2D eigenvalue weighted by molar-refractivity contribution is 6.01. The first-order valence-electron chi connectivity index (χ1n) is 10.7. The van der Waals surface area contributed by atoms with Crippen LogP contribution < -0.4 is 20.2 Å². The van der Waals surface area contributed by atoms with E-state index >= 15 is 0 Å². The number of ether oxygens (including phenoxy) is 3. The zero-order chi connectivity index (χ0) is 24.7. The molecular formula is C24H27N3O7. The molecule has 2 N–H and O–H groups in total. The molecule has 180 valence electrons. The number of hydrazine groups is 1. The van der Waals surface area contributed by atoms with Crippen molar-refractivity contribution in [3.05, 3.63) is 59.7 Å². The van der Waals surface area contributed by atoms with Gasteiger partial charge in [0.25, 0.3) is 11.8 Å². The first-order chi connectivity index (χ1) is 16.3. The van der Waals surface area contributed by atoms with Crippen molar-refractivity contribution in [1.82, 2.24) is 15.8 Å². The number of amides is 3. The van der Waals surface area contributed by atoms with Gasteiger partial charge < -0.3 is 19.5 Å². The number of carbonyl (C=O) groups is 4. The predicted molar refractivity (Wildman–Crippen MR) is 121 cm³/mol. The molecule has 2 atom stereocenters. The highest BCUT2D eigenvalue weighted by Crippen LogP contribution is 2.28. The lowest BCUT2D eigenvalue weighted by atomic mass is 10.1. The Bertz CT molecular complexity index is 1040. The maximum absolute atomic E-state index is 12.8. The van der Waals surface area contributed by atoms with Crippen LogP contribution >= 0.6 is 0 Å². The lowest BCUT2D eigenvalue weighted by molar-refractivity contribution is -0.152. The number of esters is 1. The molecule has 1 heterocycles. The predicted octanol–water partition coefficient (Wildman–Crippen LogP) is 1.62. The third-order valence-electron chi connectivity index (χ3n) is 5.37. The molecule has 3 rings (SSSR count). The first-order valence-corrected chi connectivity index (χ1v) is 10.7. The second-order valence-corrected chi connectivity index (χ2v) is 7.69. The van der Waals surface area contributed by atoms with Crippen molar-refractivity contribution in [2.45, 2.75) is 19.4 Å². The van der Waals surface area contributed by atoms with Gasteiger partial charge in [0.1, 0.15) is 17.1 Å². The molecule has 10 heteroatoms. The summed E-state index contributed by atoms with van der Waals surface area (Å²) in [6, 6.07) is 14.0. The Kier molecular flexibility index (Phi) is 8.07. The summed E-state index contributed by atoms with van der Waals surface area (Å²) in [6.45, 7) is 1.27. The Morgan fingerprint density at radius 2 is 1.68 bits per heavy atom. The molecule has 0 saturated carbocycles. The molecule has 1 fully saturated rings. The molecule has 0 aliphatic carbocycles. The van der Waals surface area contributed by atoms with E-state index in [2.05, 4.69) is 10.7 Å². The zero-order valence-electron chi connectivity index (χ0n) is 19.2. The SMILES string of the molecule is COc1cccc(OC)c1C(=O)NN1C[C@@H](C(=O)OCC(=O)N[C@H](C)c2ccccc2)CC1=O. The average Bonchev–Trinajstić information content (AvgIpc) is 3.22. The minimum absolute atomic E-state index is 0.0804. The van der Waals surface area contributed by atoms with Gasteiger partial charge in [-0.25, -0.2) is 0 Å². The lowest BCUT2D eigenvalue weighted by Crippen LogP contribution is -2.43. The first kappa shape index (κ1) is 24.6. The summed E-state index contributed by atoms with van der Waals surface area (Å²) >= 11 is 0. The Balaban J connectivity index is 1.53. The van der Waals surface area contributed by atoms with E-state index in [-0.39, 0.29) is 36.1 Å². The minimum atomic E-state index is -0.813. The lowest BCUT2D eigenvalue weighted by Gasteiger charge is -2.19. The monoisotopic (exact) mass is 469 g/mol. The number of nitrogens with one attached hydrogen (secondary N) is 2. The summed E-state index contributed by atoms with van der Waals surface area (Å²) in [4.78, 5) is 49.7. The molecule has 1 saturated heterocycles. The Morgan fingerprint density at radius 3 is 2.29 bits per heavy atom. The molecule has 0 spiro atoms. The van der Waals surface area contributed by atoms with Gasteiger partial charge in [0.15, 0.2) is 6.61 Å². The van der Waals surface area contributed by atoms with Crippen LogP contribution in [0, 0.1) is 5.92 Å². The summed E-state index contributed by atoms with van der Waals surface area (Å²) in [5.41, 5.74) is 3.53. The van der Waals surface area contributed by atoms with Gasteiger partial charge in [-0.1, -0.05) is 36.4 Å². The molecule has 0 aromatic heterocycles. The van der Waals surface area contributed by atoms with Gasteiger partial charge in [-0.2, -0.15) is 0 Å². The Hall–Kier alpha value is -4.08. The summed E-state index contributed by atoms with van der Waals surface area (Å²) in [7, 11) is 2.82. The fourth-order valence-corrected chi connectivity index (χ4v) is 3.59. The van der Waals surface area contributed by atoms with E-state index in [1.165, 1.54) is 14.2 Å². The van der Waals surface area contributed by atoms with Crippen LogP contribution in [0.3, 0.4) is 0 Å². The number of rotatable bonds is 9. The van der Waals surface area contributed by atoms with Gasteiger partial charge in [-0.05, 0) is 24.6 Å². The average molecular weight is 469 g/mol. The number of methoxy groups -OCH3 is 2. The van der Waals surface area contributed by atoms with E-state index in [1.54, 1.807) is 18.2 Å². The number of carbonyl (C=O) groups excluding carboxylic acids is 4. The van der Waals surface area contributed by atoms with Crippen molar-refractivity contribution in [2.75, 3.05) is 27.4 Å². The minimum Gasteiger partial charge on any atom is -0.496 e. The number of nitrogens with zero attached hydrogens (tertiary/aromatic N) is 1. The summed E-state index contributed by atoms with van der Waals surface area (Å²) in [6.07, 6.45) is -0.149. The van der Waals surface area contributed by atoms with Gasteiger partial charge in [0.2, 0.25) is 5.91 Å². The van der Waals surface area contributed by atoms with Crippen LogP contribution in [0.1, 0.15) is 35.3 Å². The van der Waals surface area contributed by atoms with E-state index in [9.17, 15) is 19.2 Å². The van der Waals surface area contributed by atoms with Crippen LogP contribution in [-0.4, -0.2) is 56.1 Å². The molecule has 1 aliphatic heterocycles. The van der Waals surface area contributed by atoms with Crippen molar-refractivity contribution >= 4 is 23.7 Å². The van der Waals surface area contributed by atoms with E-state index in [4.69, 9.17) is 14.2 Å². The van der Waals surface area contributed by atoms with Crippen LogP contribution in [0.25, 0.3) is 0 Å². The molecule has 0 unspecified atom stereocenters. The van der Waals surface area contributed by atoms with E-state index in [0.717, 1.165) is 10.6 Å². The van der Waals surface area contributed by atoms with Gasteiger partial charge >= 0.3 is 5.97 Å². The molecule has 2 aromatic carbocycles. The second-order valence-electron chi connectivity index (χ2n) is 7.69. The fraction of sp³-hybridized carbons (Fsp3) is 0.333. The maximum atomic E-state index is 12.8. The van der Waals surface area contributed by atoms with Crippen LogP contribution in [0.5, 0.6) is 11.5 Å². The maximum Gasteiger partial charge on any atom is 0.311 e. The standard InChI is InChI=1S/C24H27N3O7/c1-15(16-8-5-4-6-9-16)25-20(28)14-34-24(31)17-12-21(29)27(13-17)26-23(30)22-18(32-2)10-7-11-19(22)33-3/h4-11,15,17H,12-14H2,1-3H3,(H,25,28)(H,26,30)/t15-,17+/m1/s1. The van der Waals surface area contributed by atoms with E-state index in [0.29, 0.717) is 0 Å². The van der Waals surface area contributed by atoms with Crippen molar-refractivity contribution in [1.29, 1.82) is 0 Å². The third kappa shape index (κ3) is 5.83. The van der Waals surface area contributed by atoms with Crippen molar-refractivity contribution in [3.8, 4) is 11.5 Å². The van der Waals surface area contributed by atoms with E-state index < -0.39 is 36.2 Å². The van der Waals surface area contributed by atoms with Gasteiger partial charge in [0.05, 0.1) is 32.7 Å². The number of hydrogen-bond donors (Lipinski definition) is 2. The van der Waals surface area contributed by atoms with Crippen LogP contribution in [0.2, 0.25) is 0 Å². The van der Waals surface area contributed by atoms with Gasteiger partial charge in [0, 0.05) is 6.42 Å². The largest absolute Gasteiger partial charge is 0.496 e. The normalized spacial score (nSPS) is 15.9. The fourth-order valence-electron chi connectivity index (χ4n) is 3.59. The molecule has 10 nitrogen and oxygen atoms in total. The smallest absolute Gasteiger partial charge is 0.311 e. The Labute approximate surface area is 197 Å². The molecule has 34 heavy (non-hydrogen) atoms. The van der Waals surface area contributed by atoms with Gasteiger partial charge in [-0.15, -0.1) is 0 Å². The van der Waals surface area contributed by atoms with Crippen LogP contribution in [0.15, 0.2) is 48.5 Å². The summed E-state index contributed by atoms with van der Waals surface area (Å²) in [5, 5.41) is 3.80. The quantitative estimate of drug-likeness (QED) is 0.535. The van der Waals surface area contributed by atoms with E-state index in [1.807, 2.05) is 37.3 Å². The van der Waals surface area contributed by atoms with Crippen molar-refractivity contribution < 1.29 is 33.4 Å². The highest BCUT2D eigenvalue weighted by Gasteiger charge is 2.37. The second kappa shape index (κ2) is 11.2. The highest BCUT2D eigenvalue weighted by atomic mass is 16.5. The summed E-state index contributed by atoms with van der Waals surface area (Å²) < 4.78 is 15.5. The topological polar surface area (TPSA) is 123 Å². The van der Waals surface area contributed by atoms with Crippen LogP contribution in [0.4, 0.5) is 0 Å². The third-order valence-corrected chi connectivity index (χ3v) is 5.37. The number of hydrogen-bond acceptors (Lipinski definition) is 7. The molecular weight excluding hydrogens is 442 g/mol. The number of benzene rings is 2. The van der Waals surface area contributed by atoms with Crippen molar-refractivity contribution in [3.63, 3.8) is 0 Å². The Morgan fingerprint density at radius 1 is 1.03 bits per heavy atom. The summed E-state index contributed by atoms with van der Waals surface area (Å²) in [5.74, 6) is -2.49. The zero-order valence-corrected chi connectivity index (χ0v) is 19.2. The molecule has 0 bridgehead atoms. The van der Waals surface area contributed by atoms with Crippen LogP contribution in [-0.2, 0) is 19.1 Å².